The maximum Gasteiger partial charge on any atom is 0.246 e. The number of carbonyl (C=O) groups is 1. The van der Waals surface area contributed by atoms with E-state index in [1.54, 1.807) is 16.7 Å². The van der Waals surface area contributed by atoms with E-state index in [0.717, 1.165) is 0 Å². The van der Waals surface area contributed by atoms with Crippen LogP contribution in [-0.4, -0.2) is 40.3 Å². The number of anilines is 1. The van der Waals surface area contributed by atoms with Crippen LogP contribution in [0, 0.1) is 0 Å². The Balaban J connectivity index is 0.00000162. The monoisotopic (exact) mass is 307 g/mol. The maximum atomic E-state index is 11.6. The van der Waals surface area contributed by atoms with E-state index in [-0.39, 0.29) is 37.3 Å². The Morgan fingerprint density at radius 3 is 2.89 bits per heavy atom. The van der Waals surface area contributed by atoms with E-state index in [2.05, 4.69) is 15.5 Å². The summed E-state index contributed by atoms with van der Waals surface area (Å²) in [7, 11) is 1.49. The van der Waals surface area contributed by atoms with Gasteiger partial charge in [0.15, 0.2) is 5.65 Å². The minimum absolute atomic E-state index is 0. The molecule has 1 atom stereocenters. The number of nitrogens with two attached hydrogens (primary N) is 1. The first-order chi connectivity index (χ1) is 8.22. The predicted octanol–water partition coefficient (Wildman–Crippen LogP) is 0.485. The summed E-state index contributed by atoms with van der Waals surface area (Å²) < 4.78 is 6.47. The van der Waals surface area contributed by atoms with Gasteiger partial charge in [-0.15, -0.1) is 35.0 Å². The standard InChI is InChI=1S/C10H13N5O2.2ClH/c1-17-6-7(11)9(16)12-10-14-13-8-4-2-3-5-15(8)10;;/h2-5,7H,6,11H2,1H3,(H,12,14,16);2*1H. The number of amides is 1. The third-order valence-electron chi connectivity index (χ3n) is 2.23. The van der Waals surface area contributed by atoms with Gasteiger partial charge >= 0.3 is 0 Å². The second kappa shape index (κ2) is 7.90. The fourth-order valence-corrected chi connectivity index (χ4v) is 1.38. The molecule has 106 valence electrons. The average molecular weight is 308 g/mol. The lowest BCUT2D eigenvalue weighted by Crippen LogP contribution is -2.39. The molecule has 2 aromatic rings. The van der Waals surface area contributed by atoms with Gasteiger partial charge in [-0.2, -0.15) is 0 Å². The molecule has 1 unspecified atom stereocenters. The second-order valence-corrected chi connectivity index (χ2v) is 3.50. The maximum absolute atomic E-state index is 11.6. The number of pyridine rings is 1. The highest BCUT2D eigenvalue weighted by atomic mass is 35.5. The third kappa shape index (κ3) is 4.03. The van der Waals surface area contributed by atoms with Crippen molar-refractivity contribution in [1.82, 2.24) is 14.6 Å². The number of rotatable bonds is 4. The van der Waals surface area contributed by atoms with Crippen molar-refractivity contribution in [2.75, 3.05) is 19.0 Å². The quantitative estimate of drug-likeness (QED) is 0.857. The van der Waals surface area contributed by atoms with Crippen molar-refractivity contribution in [1.29, 1.82) is 0 Å². The summed E-state index contributed by atoms with van der Waals surface area (Å²) in [6, 6.07) is 4.72. The molecule has 0 spiro atoms. The van der Waals surface area contributed by atoms with Crippen LogP contribution in [0.1, 0.15) is 0 Å². The topological polar surface area (TPSA) is 94.5 Å². The number of nitrogens with one attached hydrogen (secondary N) is 1. The van der Waals surface area contributed by atoms with Crippen molar-refractivity contribution >= 4 is 42.3 Å². The van der Waals surface area contributed by atoms with Gasteiger partial charge in [0, 0.05) is 13.3 Å². The first kappa shape index (κ1) is 17.6. The molecule has 0 saturated carbocycles. The lowest BCUT2D eigenvalue weighted by Gasteiger charge is -2.09. The van der Waals surface area contributed by atoms with Crippen LogP contribution >= 0.6 is 24.8 Å². The molecule has 0 aromatic carbocycles. The SMILES string of the molecule is COCC(N)C(=O)Nc1nnc2ccccn12.Cl.Cl. The smallest absolute Gasteiger partial charge is 0.246 e. The van der Waals surface area contributed by atoms with Crippen LogP contribution in [0.2, 0.25) is 0 Å². The number of ether oxygens (including phenoxy) is 1. The summed E-state index contributed by atoms with van der Waals surface area (Å²) >= 11 is 0. The molecule has 0 aliphatic heterocycles. The van der Waals surface area contributed by atoms with Gasteiger partial charge in [0.05, 0.1) is 6.61 Å². The molecule has 0 radical (unpaired) electrons. The first-order valence-corrected chi connectivity index (χ1v) is 5.07. The van der Waals surface area contributed by atoms with Crippen LogP contribution in [0.3, 0.4) is 0 Å². The van der Waals surface area contributed by atoms with Crippen LogP contribution < -0.4 is 11.1 Å². The van der Waals surface area contributed by atoms with Crippen molar-refractivity contribution in [3.05, 3.63) is 24.4 Å². The molecule has 0 fully saturated rings. The van der Waals surface area contributed by atoms with Gasteiger partial charge in [0.2, 0.25) is 11.9 Å². The number of carbonyl (C=O) groups excluding carboxylic acids is 1. The van der Waals surface area contributed by atoms with Crippen LogP contribution in [-0.2, 0) is 9.53 Å². The number of hydrogen-bond donors (Lipinski definition) is 2. The third-order valence-corrected chi connectivity index (χ3v) is 2.23. The zero-order valence-corrected chi connectivity index (χ0v) is 11.8. The van der Waals surface area contributed by atoms with E-state index in [9.17, 15) is 4.79 Å². The van der Waals surface area contributed by atoms with Crippen LogP contribution in [0.4, 0.5) is 5.95 Å². The zero-order chi connectivity index (χ0) is 12.3. The van der Waals surface area contributed by atoms with Crippen molar-refractivity contribution in [3.8, 4) is 0 Å². The van der Waals surface area contributed by atoms with E-state index < -0.39 is 6.04 Å². The highest BCUT2D eigenvalue weighted by Crippen LogP contribution is 2.07. The normalized spacial score (nSPS) is 11.3. The molecule has 0 aliphatic rings. The van der Waals surface area contributed by atoms with E-state index in [1.165, 1.54) is 7.11 Å². The van der Waals surface area contributed by atoms with Crippen LogP contribution in [0.5, 0.6) is 0 Å². The largest absolute Gasteiger partial charge is 0.383 e. The molecule has 0 saturated heterocycles. The predicted molar refractivity (Wildman–Crippen MR) is 76.0 cm³/mol. The molecule has 9 heteroatoms. The number of fused-ring (bicyclic) bond motifs is 1. The molecule has 2 rings (SSSR count). The van der Waals surface area contributed by atoms with Gasteiger partial charge in [-0.3, -0.25) is 14.5 Å². The van der Waals surface area contributed by atoms with Gasteiger partial charge in [-0.1, -0.05) is 6.07 Å². The van der Waals surface area contributed by atoms with Crippen molar-refractivity contribution in [2.24, 2.45) is 5.73 Å². The molecule has 0 aliphatic carbocycles. The van der Waals surface area contributed by atoms with E-state index >= 15 is 0 Å². The van der Waals surface area contributed by atoms with E-state index in [0.29, 0.717) is 11.6 Å². The zero-order valence-electron chi connectivity index (χ0n) is 10.1. The molecule has 0 bridgehead atoms. The lowest BCUT2D eigenvalue weighted by atomic mass is 10.3. The number of methoxy groups -OCH3 is 1. The van der Waals surface area contributed by atoms with Crippen molar-refractivity contribution in [3.63, 3.8) is 0 Å². The molecule has 19 heavy (non-hydrogen) atoms. The van der Waals surface area contributed by atoms with Gasteiger partial charge in [0.25, 0.3) is 0 Å². The Kier molecular flexibility index (Phi) is 7.32. The van der Waals surface area contributed by atoms with Gasteiger partial charge in [-0.05, 0) is 12.1 Å². The minimum Gasteiger partial charge on any atom is -0.383 e. The van der Waals surface area contributed by atoms with E-state index in [4.69, 9.17) is 10.5 Å². The number of halogens is 2. The molecule has 1 amide bonds. The number of aromatic nitrogens is 3. The summed E-state index contributed by atoms with van der Waals surface area (Å²) in [6.07, 6.45) is 1.76. The fourth-order valence-electron chi connectivity index (χ4n) is 1.38. The van der Waals surface area contributed by atoms with Gasteiger partial charge in [-0.25, -0.2) is 0 Å². The Labute approximate surface area is 122 Å². The number of nitrogens with zero attached hydrogens (tertiary/aromatic N) is 3. The summed E-state index contributed by atoms with van der Waals surface area (Å²) in [5.41, 5.74) is 6.25. The Bertz CT molecular complexity index is 533. The first-order valence-electron chi connectivity index (χ1n) is 5.07. The number of hydrogen-bond acceptors (Lipinski definition) is 5. The highest BCUT2D eigenvalue weighted by Gasteiger charge is 2.15. The molecule has 2 aromatic heterocycles. The minimum atomic E-state index is -0.726. The Hall–Kier alpha value is -1.41. The average Bonchev–Trinajstić information content (AvgIpc) is 2.73. The van der Waals surface area contributed by atoms with Crippen LogP contribution in [0.25, 0.3) is 5.65 Å². The van der Waals surface area contributed by atoms with Crippen molar-refractivity contribution < 1.29 is 9.53 Å². The van der Waals surface area contributed by atoms with Crippen molar-refractivity contribution in [2.45, 2.75) is 6.04 Å². The summed E-state index contributed by atoms with van der Waals surface area (Å²) in [5, 5.41) is 10.4. The summed E-state index contributed by atoms with van der Waals surface area (Å²) in [5.74, 6) is -0.0119. The molecule has 2 heterocycles. The van der Waals surface area contributed by atoms with E-state index in [1.807, 2.05) is 12.1 Å². The lowest BCUT2D eigenvalue weighted by molar-refractivity contribution is -0.118. The molecule has 7 nitrogen and oxygen atoms in total. The highest BCUT2D eigenvalue weighted by molar-refractivity contribution is 5.93. The van der Waals surface area contributed by atoms with Crippen LogP contribution in [0.15, 0.2) is 24.4 Å². The Morgan fingerprint density at radius 2 is 2.21 bits per heavy atom. The van der Waals surface area contributed by atoms with Gasteiger partial charge in [0.1, 0.15) is 6.04 Å². The molecular formula is C10H15Cl2N5O2. The summed E-state index contributed by atoms with van der Waals surface area (Å²) in [4.78, 5) is 11.6. The van der Waals surface area contributed by atoms with Gasteiger partial charge < -0.3 is 10.5 Å². The molecular weight excluding hydrogens is 293 g/mol. The second-order valence-electron chi connectivity index (χ2n) is 3.50. The fraction of sp³-hybridized carbons (Fsp3) is 0.300. The molecule has 3 N–H and O–H groups in total. The summed E-state index contributed by atoms with van der Waals surface area (Å²) in [6.45, 7) is 0.155. The Morgan fingerprint density at radius 1 is 1.47 bits per heavy atom.